The number of carbonyl (C=O) groups is 1. The number of rotatable bonds is 6. The smallest absolute Gasteiger partial charge is 0.291 e. The van der Waals surface area contributed by atoms with Crippen LogP contribution >= 0.6 is 0 Å². The summed E-state index contributed by atoms with van der Waals surface area (Å²) in [7, 11) is 0. The van der Waals surface area contributed by atoms with Gasteiger partial charge in [-0.05, 0) is 25.5 Å². The molecule has 0 saturated heterocycles. The Morgan fingerprint density at radius 3 is 2.36 bits per heavy atom. The minimum atomic E-state index is -0.243. The second-order valence-corrected chi connectivity index (χ2v) is 6.04. The molecule has 3 rings (SSSR count). The first-order valence-electron chi connectivity index (χ1n) is 8.57. The first-order chi connectivity index (χ1) is 12.2. The van der Waals surface area contributed by atoms with Gasteiger partial charge < -0.3 is 5.32 Å². The topological polar surface area (TPSA) is 59.8 Å². The first-order valence-corrected chi connectivity index (χ1v) is 8.57. The summed E-state index contributed by atoms with van der Waals surface area (Å²) in [4.78, 5) is 17.0. The van der Waals surface area contributed by atoms with Crippen LogP contribution in [-0.2, 0) is 0 Å². The van der Waals surface area contributed by atoms with Crippen LogP contribution < -0.4 is 5.32 Å². The highest BCUT2D eigenvalue weighted by Crippen LogP contribution is 2.21. The molecule has 1 N–H and O–H groups in total. The van der Waals surface area contributed by atoms with Gasteiger partial charge in [0, 0.05) is 11.6 Å². The molecule has 0 radical (unpaired) electrons. The molecular formula is C20H22N4O. The second kappa shape index (κ2) is 7.75. The predicted molar refractivity (Wildman–Crippen MR) is 98.6 cm³/mol. The van der Waals surface area contributed by atoms with Gasteiger partial charge in [-0.2, -0.15) is 0 Å². The Morgan fingerprint density at radius 2 is 1.72 bits per heavy atom. The molecule has 0 saturated carbocycles. The lowest BCUT2D eigenvalue weighted by atomic mass is 10.2. The maximum Gasteiger partial charge on any atom is 0.291 e. The quantitative estimate of drug-likeness (QED) is 0.745. The molecule has 0 spiro atoms. The van der Waals surface area contributed by atoms with Gasteiger partial charge in [0.1, 0.15) is 0 Å². The van der Waals surface area contributed by atoms with Crippen LogP contribution in [0, 0.1) is 0 Å². The molecule has 1 amide bonds. The molecule has 1 aromatic heterocycles. The summed E-state index contributed by atoms with van der Waals surface area (Å²) in [5, 5.41) is 7.43. The van der Waals surface area contributed by atoms with Crippen molar-refractivity contribution >= 4 is 5.91 Å². The van der Waals surface area contributed by atoms with E-state index in [1.165, 1.54) is 0 Å². The zero-order valence-electron chi connectivity index (χ0n) is 14.5. The number of amides is 1. The van der Waals surface area contributed by atoms with Gasteiger partial charge in [0.15, 0.2) is 5.82 Å². The lowest BCUT2D eigenvalue weighted by molar-refractivity contribution is 0.0928. The van der Waals surface area contributed by atoms with Gasteiger partial charge in [0.2, 0.25) is 5.82 Å². The van der Waals surface area contributed by atoms with Crippen molar-refractivity contribution in [2.45, 2.75) is 32.7 Å². The summed E-state index contributed by atoms with van der Waals surface area (Å²) in [6.07, 6.45) is 1.94. The van der Waals surface area contributed by atoms with E-state index in [1.54, 1.807) is 4.68 Å². The van der Waals surface area contributed by atoms with Crippen LogP contribution in [0.1, 0.15) is 37.3 Å². The summed E-state index contributed by atoms with van der Waals surface area (Å²) in [6, 6.07) is 19.6. The van der Waals surface area contributed by atoms with Crippen molar-refractivity contribution < 1.29 is 4.79 Å². The van der Waals surface area contributed by atoms with Gasteiger partial charge in [0.05, 0.1) is 5.69 Å². The highest BCUT2D eigenvalue weighted by Gasteiger charge is 2.19. The van der Waals surface area contributed by atoms with Crippen LogP contribution in [-0.4, -0.2) is 26.7 Å². The third kappa shape index (κ3) is 3.94. The average Bonchev–Trinajstić information content (AvgIpc) is 3.09. The molecule has 0 aliphatic rings. The van der Waals surface area contributed by atoms with Crippen molar-refractivity contribution in [3.63, 3.8) is 0 Å². The maximum absolute atomic E-state index is 12.5. The maximum atomic E-state index is 12.5. The first kappa shape index (κ1) is 16.9. The molecule has 0 aliphatic heterocycles. The fourth-order valence-electron chi connectivity index (χ4n) is 2.73. The number of carbonyl (C=O) groups excluding carboxylic acids is 1. The van der Waals surface area contributed by atoms with E-state index in [2.05, 4.69) is 22.3 Å². The second-order valence-electron chi connectivity index (χ2n) is 6.04. The molecule has 1 atom stereocenters. The van der Waals surface area contributed by atoms with Gasteiger partial charge in [-0.15, -0.1) is 5.10 Å². The molecule has 1 heterocycles. The third-order valence-electron chi connectivity index (χ3n) is 3.94. The van der Waals surface area contributed by atoms with Crippen LogP contribution in [0.5, 0.6) is 0 Å². The van der Waals surface area contributed by atoms with E-state index in [9.17, 15) is 4.79 Å². The van der Waals surface area contributed by atoms with Crippen molar-refractivity contribution in [3.8, 4) is 17.1 Å². The number of para-hydroxylation sites is 1. The lowest BCUT2D eigenvalue weighted by Crippen LogP contribution is -2.33. The SMILES string of the molecule is CCC[C@H](C)NC(=O)c1nc(-c2ccccc2)n(-c2ccccc2)n1. The van der Waals surface area contributed by atoms with Crippen LogP contribution in [0.3, 0.4) is 0 Å². The molecule has 5 heteroatoms. The van der Waals surface area contributed by atoms with E-state index in [-0.39, 0.29) is 17.8 Å². The van der Waals surface area contributed by atoms with Gasteiger partial charge in [0.25, 0.3) is 5.91 Å². The Bertz CT molecular complexity index is 770. The molecule has 0 fully saturated rings. The lowest BCUT2D eigenvalue weighted by Gasteiger charge is -2.10. The van der Waals surface area contributed by atoms with Gasteiger partial charge in [-0.1, -0.05) is 61.9 Å². The molecule has 2 aromatic carbocycles. The van der Waals surface area contributed by atoms with E-state index >= 15 is 0 Å². The summed E-state index contributed by atoms with van der Waals surface area (Å²) in [5.74, 6) is 0.596. The van der Waals surface area contributed by atoms with E-state index in [0.717, 1.165) is 24.1 Å². The Kier molecular flexibility index (Phi) is 5.23. The monoisotopic (exact) mass is 334 g/mol. The number of nitrogens with one attached hydrogen (secondary N) is 1. The van der Waals surface area contributed by atoms with Crippen molar-refractivity contribution in [1.29, 1.82) is 0 Å². The Balaban J connectivity index is 1.99. The van der Waals surface area contributed by atoms with E-state index < -0.39 is 0 Å². The number of hydrogen-bond donors (Lipinski definition) is 1. The van der Waals surface area contributed by atoms with Crippen molar-refractivity contribution in [3.05, 3.63) is 66.5 Å². The molecule has 3 aromatic rings. The molecule has 0 aliphatic carbocycles. The van der Waals surface area contributed by atoms with Crippen molar-refractivity contribution in [1.82, 2.24) is 20.1 Å². The summed E-state index contributed by atoms with van der Waals surface area (Å²) >= 11 is 0. The molecule has 128 valence electrons. The highest BCUT2D eigenvalue weighted by atomic mass is 16.2. The predicted octanol–water partition coefficient (Wildman–Crippen LogP) is 3.85. The van der Waals surface area contributed by atoms with Gasteiger partial charge >= 0.3 is 0 Å². The Hall–Kier alpha value is -2.95. The van der Waals surface area contributed by atoms with Crippen LogP contribution in [0.25, 0.3) is 17.1 Å². The van der Waals surface area contributed by atoms with Crippen LogP contribution in [0.2, 0.25) is 0 Å². The summed E-state index contributed by atoms with van der Waals surface area (Å²) in [5.41, 5.74) is 1.79. The number of aromatic nitrogens is 3. The zero-order valence-corrected chi connectivity index (χ0v) is 14.5. The molecule has 5 nitrogen and oxygen atoms in total. The minimum absolute atomic E-state index is 0.0985. The Morgan fingerprint density at radius 1 is 1.08 bits per heavy atom. The van der Waals surface area contributed by atoms with Crippen LogP contribution in [0.15, 0.2) is 60.7 Å². The molecule has 25 heavy (non-hydrogen) atoms. The van der Waals surface area contributed by atoms with Gasteiger partial charge in [-0.25, -0.2) is 9.67 Å². The fraction of sp³-hybridized carbons (Fsp3) is 0.250. The van der Waals surface area contributed by atoms with E-state index in [4.69, 9.17) is 0 Å². The standard InChI is InChI=1S/C20H22N4O/c1-3-10-15(2)21-20(25)18-22-19(16-11-6-4-7-12-16)24(23-18)17-13-8-5-9-14-17/h4-9,11-15H,3,10H2,1-2H3,(H,21,25)/t15-/m0/s1. The summed E-state index contributed by atoms with van der Waals surface area (Å²) in [6.45, 7) is 4.09. The normalized spacial score (nSPS) is 11.9. The largest absolute Gasteiger partial charge is 0.347 e. The third-order valence-corrected chi connectivity index (χ3v) is 3.94. The molecular weight excluding hydrogens is 312 g/mol. The minimum Gasteiger partial charge on any atom is -0.347 e. The molecule has 0 unspecified atom stereocenters. The number of benzene rings is 2. The fourth-order valence-corrected chi connectivity index (χ4v) is 2.73. The van der Waals surface area contributed by atoms with Gasteiger partial charge in [-0.3, -0.25) is 4.79 Å². The van der Waals surface area contributed by atoms with Crippen molar-refractivity contribution in [2.24, 2.45) is 0 Å². The van der Waals surface area contributed by atoms with Crippen LogP contribution in [0.4, 0.5) is 0 Å². The van der Waals surface area contributed by atoms with E-state index in [0.29, 0.717) is 5.82 Å². The van der Waals surface area contributed by atoms with E-state index in [1.807, 2.05) is 67.6 Å². The number of hydrogen-bond acceptors (Lipinski definition) is 3. The zero-order chi connectivity index (χ0) is 17.6. The number of nitrogens with zero attached hydrogens (tertiary/aromatic N) is 3. The average molecular weight is 334 g/mol. The molecule has 0 bridgehead atoms. The summed E-state index contributed by atoms with van der Waals surface area (Å²) < 4.78 is 1.72. The Labute approximate surface area is 147 Å². The highest BCUT2D eigenvalue weighted by molar-refractivity contribution is 5.91. The van der Waals surface area contributed by atoms with Crippen molar-refractivity contribution in [2.75, 3.05) is 0 Å².